The van der Waals surface area contributed by atoms with Crippen LogP contribution in [0.2, 0.25) is 0 Å². The van der Waals surface area contributed by atoms with Crippen molar-refractivity contribution in [3.05, 3.63) is 77.2 Å². The summed E-state index contributed by atoms with van der Waals surface area (Å²) in [5, 5.41) is 6.59. The number of hydrogen-bond acceptors (Lipinski definition) is 5. The third kappa shape index (κ3) is 5.67. The van der Waals surface area contributed by atoms with Crippen molar-refractivity contribution in [2.75, 3.05) is 30.8 Å². The number of halogens is 1. The van der Waals surface area contributed by atoms with Crippen LogP contribution in [-0.2, 0) is 12.8 Å². The van der Waals surface area contributed by atoms with E-state index in [4.69, 9.17) is 4.74 Å². The van der Waals surface area contributed by atoms with Gasteiger partial charge in [0.05, 0.1) is 7.11 Å². The lowest BCUT2D eigenvalue weighted by Gasteiger charge is -2.11. The Labute approximate surface area is 165 Å². The van der Waals surface area contributed by atoms with E-state index < -0.39 is 0 Å². The summed E-state index contributed by atoms with van der Waals surface area (Å²) in [5.74, 6) is 2.04. The Balaban J connectivity index is 1.53. The number of benzene rings is 2. The second-order valence-corrected chi connectivity index (χ2v) is 6.51. The van der Waals surface area contributed by atoms with E-state index in [0.29, 0.717) is 12.5 Å². The number of hydrogen-bond donors (Lipinski definition) is 2. The van der Waals surface area contributed by atoms with E-state index in [0.717, 1.165) is 47.8 Å². The molecule has 0 unspecified atom stereocenters. The van der Waals surface area contributed by atoms with E-state index in [1.54, 1.807) is 19.2 Å². The molecule has 0 atom stereocenters. The average Bonchev–Trinajstić information content (AvgIpc) is 2.69. The fourth-order valence-corrected chi connectivity index (χ4v) is 2.94. The smallest absolute Gasteiger partial charge is 0.224 e. The minimum atomic E-state index is -0.220. The van der Waals surface area contributed by atoms with E-state index in [1.807, 2.05) is 31.2 Å². The van der Waals surface area contributed by atoms with Crippen molar-refractivity contribution < 1.29 is 9.13 Å². The van der Waals surface area contributed by atoms with Gasteiger partial charge in [-0.2, -0.15) is 4.98 Å². The number of anilines is 2. The standard InChI is InChI=1S/C22H25FN4O/c1-16-15-21(24-14-12-18-5-3-4-6-20(18)28-2)27-22(26-16)25-13-11-17-7-9-19(23)10-8-17/h3-10,15H,11-14H2,1-2H3,(H2,24,25,26,27). The van der Waals surface area contributed by atoms with Crippen molar-refractivity contribution in [2.45, 2.75) is 19.8 Å². The first-order chi connectivity index (χ1) is 13.6. The van der Waals surface area contributed by atoms with Gasteiger partial charge in [0.2, 0.25) is 5.95 Å². The van der Waals surface area contributed by atoms with E-state index >= 15 is 0 Å². The second-order valence-electron chi connectivity index (χ2n) is 6.51. The molecule has 0 bridgehead atoms. The van der Waals surface area contributed by atoms with Crippen LogP contribution < -0.4 is 15.4 Å². The molecular formula is C22H25FN4O. The highest BCUT2D eigenvalue weighted by atomic mass is 19.1. The van der Waals surface area contributed by atoms with Gasteiger partial charge in [-0.3, -0.25) is 0 Å². The number of aromatic nitrogens is 2. The molecule has 2 N–H and O–H groups in total. The van der Waals surface area contributed by atoms with Crippen molar-refractivity contribution in [3.8, 4) is 5.75 Å². The van der Waals surface area contributed by atoms with Crippen LogP contribution in [0.4, 0.5) is 16.2 Å². The number of para-hydroxylation sites is 1. The van der Waals surface area contributed by atoms with E-state index in [1.165, 1.54) is 12.1 Å². The first-order valence-electron chi connectivity index (χ1n) is 9.34. The number of nitrogens with one attached hydrogen (secondary N) is 2. The van der Waals surface area contributed by atoms with Gasteiger partial charge in [-0.05, 0) is 49.1 Å². The van der Waals surface area contributed by atoms with Gasteiger partial charge in [0.1, 0.15) is 17.4 Å². The van der Waals surface area contributed by atoms with Crippen molar-refractivity contribution in [1.82, 2.24) is 9.97 Å². The molecule has 0 saturated carbocycles. The van der Waals surface area contributed by atoms with Gasteiger partial charge in [0.25, 0.3) is 0 Å². The van der Waals surface area contributed by atoms with Crippen LogP contribution in [0.15, 0.2) is 54.6 Å². The molecule has 0 aliphatic heterocycles. The molecule has 0 radical (unpaired) electrons. The molecule has 3 rings (SSSR count). The number of nitrogens with zero attached hydrogens (tertiary/aromatic N) is 2. The largest absolute Gasteiger partial charge is 0.496 e. The van der Waals surface area contributed by atoms with E-state index in [9.17, 15) is 4.39 Å². The van der Waals surface area contributed by atoms with Gasteiger partial charge in [-0.25, -0.2) is 9.37 Å². The normalized spacial score (nSPS) is 10.5. The number of methoxy groups -OCH3 is 1. The number of ether oxygens (including phenoxy) is 1. The Morgan fingerprint density at radius 1 is 0.929 bits per heavy atom. The molecule has 0 amide bonds. The Hall–Kier alpha value is -3.15. The molecule has 6 heteroatoms. The molecular weight excluding hydrogens is 355 g/mol. The van der Waals surface area contributed by atoms with Crippen LogP contribution in [0.25, 0.3) is 0 Å². The zero-order valence-electron chi connectivity index (χ0n) is 16.2. The van der Waals surface area contributed by atoms with Crippen molar-refractivity contribution >= 4 is 11.8 Å². The molecule has 0 aliphatic carbocycles. The van der Waals surface area contributed by atoms with Gasteiger partial charge in [-0.15, -0.1) is 0 Å². The van der Waals surface area contributed by atoms with Gasteiger partial charge >= 0.3 is 0 Å². The molecule has 5 nitrogen and oxygen atoms in total. The third-order valence-corrected chi connectivity index (χ3v) is 4.36. The summed E-state index contributed by atoms with van der Waals surface area (Å²) in [5.41, 5.74) is 3.11. The Morgan fingerprint density at radius 2 is 1.68 bits per heavy atom. The highest BCUT2D eigenvalue weighted by molar-refractivity contribution is 5.43. The molecule has 0 saturated heterocycles. The molecule has 3 aromatic rings. The number of aryl methyl sites for hydroxylation is 1. The van der Waals surface area contributed by atoms with Crippen LogP contribution in [0.1, 0.15) is 16.8 Å². The average molecular weight is 380 g/mol. The predicted molar refractivity (Wildman–Crippen MR) is 111 cm³/mol. The predicted octanol–water partition coefficient (Wildman–Crippen LogP) is 4.24. The molecule has 1 aromatic heterocycles. The lowest BCUT2D eigenvalue weighted by molar-refractivity contribution is 0.410. The topological polar surface area (TPSA) is 59.1 Å². The zero-order chi connectivity index (χ0) is 19.8. The summed E-state index contributed by atoms with van der Waals surface area (Å²) in [6.07, 6.45) is 1.61. The van der Waals surface area contributed by atoms with Gasteiger partial charge < -0.3 is 15.4 Å². The van der Waals surface area contributed by atoms with Crippen LogP contribution >= 0.6 is 0 Å². The molecule has 1 heterocycles. The SMILES string of the molecule is COc1ccccc1CCNc1cc(C)nc(NCCc2ccc(F)cc2)n1. The number of rotatable bonds is 9. The molecule has 0 spiro atoms. The molecule has 28 heavy (non-hydrogen) atoms. The van der Waals surface area contributed by atoms with Crippen LogP contribution in [0.3, 0.4) is 0 Å². The highest BCUT2D eigenvalue weighted by Gasteiger charge is 2.04. The first-order valence-corrected chi connectivity index (χ1v) is 9.34. The zero-order valence-corrected chi connectivity index (χ0v) is 16.2. The van der Waals surface area contributed by atoms with Crippen molar-refractivity contribution in [1.29, 1.82) is 0 Å². The Morgan fingerprint density at radius 3 is 2.46 bits per heavy atom. The van der Waals surface area contributed by atoms with Gasteiger partial charge in [0.15, 0.2) is 0 Å². The van der Waals surface area contributed by atoms with E-state index in [2.05, 4.69) is 26.7 Å². The summed E-state index contributed by atoms with van der Waals surface area (Å²) in [7, 11) is 1.68. The highest BCUT2D eigenvalue weighted by Crippen LogP contribution is 2.18. The molecule has 2 aromatic carbocycles. The minimum Gasteiger partial charge on any atom is -0.496 e. The summed E-state index contributed by atoms with van der Waals surface area (Å²) < 4.78 is 18.4. The lowest BCUT2D eigenvalue weighted by Crippen LogP contribution is -2.12. The second kappa shape index (κ2) is 9.69. The Bertz CT molecular complexity index is 899. The van der Waals surface area contributed by atoms with Gasteiger partial charge in [-0.1, -0.05) is 30.3 Å². The summed E-state index contributed by atoms with van der Waals surface area (Å²) in [4.78, 5) is 8.96. The molecule has 0 fully saturated rings. The van der Waals surface area contributed by atoms with Crippen LogP contribution in [0, 0.1) is 12.7 Å². The third-order valence-electron chi connectivity index (χ3n) is 4.36. The van der Waals surface area contributed by atoms with Crippen LogP contribution in [0.5, 0.6) is 5.75 Å². The minimum absolute atomic E-state index is 0.220. The maximum atomic E-state index is 13.0. The maximum Gasteiger partial charge on any atom is 0.224 e. The van der Waals surface area contributed by atoms with Crippen LogP contribution in [-0.4, -0.2) is 30.2 Å². The quantitative estimate of drug-likeness (QED) is 0.581. The van der Waals surface area contributed by atoms with Crippen molar-refractivity contribution in [2.24, 2.45) is 0 Å². The van der Waals surface area contributed by atoms with Crippen molar-refractivity contribution in [3.63, 3.8) is 0 Å². The fraction of sp³-hybridized carbons (Fsp3) is 0.273. The Kier molecular flexibility index (Phi) is 6.78. The first kappa shape index (κ1) is 19.6. The molecule has 146 valence electrons. The summed E-state index contributed by atoms with van der Waals surface area (Å²) in [6, 6.07) is 16.5. The molecule has 0 aliphatic rings. The maximum absolute atomic E-state index is 13.0. The summed E-state index contributed by atoms with van der Waals surface area (Å²) in [6.45, 7) is 3.36. The lowest BCUT2D eigenvalue weighted by atomic mass is 10.1. The summed E-state index contributed by atoms with van der Waals surface area (Å²) >= 11 is 0. The fourth-order valence-electron chi connectivity index (χ4n) is 2.94. The van der Waals surface area contributed by atoms with E-state index in [-0.39, 0.29) is 5.82 Å². The monoisotopic (exact) mass is 380 g/mol. The van der Waals surface area contributed by atoms with Gasteiger partial charge in [0, 0.05) is 24.8 Å².